The Kier molecular flexibility index (Phi) is 6.59. The third-order valence-electron chi connectivity index (χ3n) is 3.38. The number of thiol groups is 1. The van der Waals surface area contributed by atoms with Crippen LogP contribution >= 0.6 is 12.6 Å². The van der Waals surface area contributed by atoms with Crippen LogP contribution in [-0.2, 0) is 19.1 Å². The van der Waals surface area contributed by atoms with E-state index < -0.39 is 54.5 Å². The summed E-state index contributed by atoms with van der Waals surface area (Å²) >= 11 is 3.83. The molecule has 1 saturated heterocycles. The van der Waals surface area contributed by atoms with Crippen LogP contribution in [0.1, 0.15) is 13.3 Å². The normalized spacial score (nSPS) is 34.6. The van der Waals surface area contributed by atoms with Crippen LogP contribution < -0.4 is 5.32 Å². The van der Waals surface area contributed by atoms with Gasteiger partial charge < -0.3 is 35.2 Å². The second-order valence-electron chi connectivity index (χ2n) is 5.10. The molecule has 5 N–H and O–H groups in total. The highest BCUT2D eigenvalue weighted by molar-refractivity contribution is 7.80. The molecule has 0 aromatic carbocycles. The summed E-state index contributed by atoms with van der Waals surface area (Å²) in [6, 6.07) is -1.13. The van der Waals surface area contributed by atoms with E-state index in [9.17, 15) is 30.0 Å². The SMILES string of the molecule is COC(=O)[C@]1(O)C[C@H](O)[C@@H](NC(C)=O)C([C@H](O)[C@H](O)CS)O1. The van der Waals surface area contributed by atoms with Crippen molar-refractivity contribution in [1.82, 2.24) is 5.32 Å². The largest absolute Gasteiger partial charge is 0.465 e. The molecule has 1 amide bonds. The molecular formula is C12H21NO8S. The van der Waals surface area contributed by atoms with Crippen molar-refractivity contribution in [3.8, 4) is 0 Å². The maximum atomic E-state index is 11.6. The van der Waals surface area contributed by atoms with Gasteiger partial charge in [0.15, 0.2) is 0 Å². The molecular weight excluding hydrogens is 318 g/mol. The van der Waals surface area contributed by atoms with E-state index >= 15 is 0 Å². The van der Waals surface area contributed by atoms with Crippen LogP contribution in [0.15, 0.2) is 0 Å². The number of methoxy groups -OCH3 is 1. The summed E-state index contributed by atoms with van der Waals surface area (Å²) in [5, 5.41) is 42.4. The molecule has 128 valence electrons. The molecule has 1 heterocycles. The van der Waals surface area contributed by atoms with Crippen molar-refractivity contribution in [3.63, 3.8) is 0 Å². The number of aliphatic hydroxyl groups is 4. The Hall–Kier alpha value is -0.910. The monoisotopic (exact) mass is 339 g/mol. The fourth-order valence-electron chi connectivity index (χ4n) is 2.29. The number of amides is 1. The lowest BCUT2D eigenvalue weighted by molar-refractivity contribution is -0.294. The molecule has 0 aromatic heterocycles. The molecule has 22 heavy (non-hydrogen) atoms. The van der Waals surface area contributed by atoms with E-state index in [2.05, 4.69) is 22.7 Å². The molecule has 1 rings (SSSR count). The number of carbonyl (C=O) groups is 2. The maximum Gasteiger partial charge on any atom is 0.366 e. The van der Waals surface area contributed by atoms with Crippen LogP contribution in [0.2, 0.25) is 0 Å². The fraction of sp³-hybridized carbons (Fsp3) is 0.833. The molecule has 0 radical (unpaired) electrons. The zero-order valence-electron chi connectivity index (χ0n) is 12.2. The lowest BCUT2D eigenvalue weighted by atomic mass is 9.89. The summed E-state index contributed by atoms with van der Waals surface area (Å²) < 4.78 is 9.56. The topological polar surface area (TPSA) is 146 Å². The number of aliphatic hydroxyl groups excluding tert-OH is 3. The molecule has 1 unspecified atom stereocenters. The molecule has 1 aliphatic rings. The van der Waals surface area contributed by atoms with Gasteiger partial charge in [0.1, 0.15) is 12.2 Å². The highest BCUT2D eigenvalue weighted by atomic mass is 32.1. The number of hydrogen-bond acceptors (Lipinski definition) is 9. The van der Waals surface area contributed by atoms with E-state index in [-0.39, 0.29) is 5.75 Å². The van der Waals surface area contributed by atoms with Crippen LogP contribution in [0.5, 0.6) is 0 Å². The highest BCUT2D eigenvalue weighted by Gasteiger charge is 2.54. The molecule has 6 atom stereocenters. The van der Waals surface area contributed by atoms with E-state index in [1.54, 1.807) is 0 Å². The Labute approximate surface area is 132 Å². The molecule has 1 aliphatic heterocycles. The first-order valence-corrected chi connectivity index (χ1v) is 7.20. The van der Waals surface area contributed by atoms with E-state index in [0.717, 1.165) is 7.11 Å². The highest BCUT2D eigenvalue weighted by Crippen LogP contribution is 2.31. The number of rotatable bonds is 5. The predicted octanol–water partition coefficient (Wildman–Crippen LogP) is -2.85. The van der Waals surface area contributed by atoms with Gasteiger partial charge in [0.2, 0.25) is 5.91 Å². The van der Waals surface area contributed by atoms with Crippen molar-refractivity contribution in [1.29, 1.82) is 0 Å². The van der Waals surface area contributed by atoms with Gasteiger partial charge in [0, 0.05) is 19.1 Å². The maximum absolute atomic E-state index is 11.6. The Morgan fingerprint density at radius 1 is 1.50 bits per heavy atom. The van der Waals surface area contributed by atoms with Gasteiger partial charge >= 0.3 is 5.97 Å². The third-order valence-corrected chi connectivity index (χ3v) is 3.75. The summed E-state index contributed by atoms with van der Waals surface area (Å²) in [5.41, 5.74) is 0. The van der Waals surface area contributed by atoms with Gasteiger partial charge in [-0.1, -0.05) is 0 Å². The lowest BCUT2D eigenvalue weighted by Gasteiger charge is -2.45. The first-order chi connectivity index (χ1) is 10.2. The van der Waals surface area contributed by atoms with Crippen molar-refractivity contribution in [2.45, 2.75) is 49.6 Å². The van der Waals surface area contributed by atoms with Gasteiger partial charge in [-0.15, -0.1) is 0 Å². The van der Waals surface area contributed by atoms with Crippen LogP contribution in [0.3, 0.4) is 0 Å². The minimum Gasteiger partial charge on any atom is -0.465 e. The van der Waals surface area contributed by atoms with E-state index in [1.165, 1.54) is 6.92 Å². The van der Waals surface area contributed by atoms with Crippen LogP contribution in [0, 0.1) is 0 Å². The molecule has 0 saturated carbocycles. The van der Waals surface area contributed by atoms with Crippen LogP contribution in [0.4, 0.5) is 0 Å². The quantitative estimate of drug-likeness (QED) is 0.232. The Balaban J connectivity index is 3.09. The first-order valence-electron chi connectivity index (χ1n) is 6.57. The molecule has 1 fully saturated rings. The Bertz CT molecular complexity index is 422. The second-order valence-corrected chi connectivity index (χ2v) is 5.46. The van der Waals surface area contributed by atoms with Crippen molar-refractivity contribution < 1.29 is 39.5 Å². The average molecular weight is 339 g/mol. The zero-order valence-corrected chi connectivity index (χ0v) is 13.1. The van der Waals surface area contributed by atoms with Crippen LogP contribution in [-0.4, -0.2) is 81.4 Å². The standard InChI is InChI=1S/C12H21NO8S/c1-5(14)13-8-6(15)3-12(19,11(18)20-2)21-10(8)9(17)7(16)4-22/h6-10,15-17,19,22H,3-4H2,1-2H3,(H,13,14)/t6-,7+,8+,9+,10?,12-/m0/s1. The summed E-state index contributed by atoms with van der Waals surface area (Å²) in [6.45, 7) is 1.19. The minimum absolute atomic E-state index is 0.138. The summed E-state index contributed by atoms with van der Waals surface area (Å²) in [4.78, 5) is 22.8. The van der Waals surface area contributed by atoms with E-state index in [1.807, 2.05) is 0 Å². The number of carbonyl (C=O) groups excluding carboxylic acids is 2. The molecule has 10 heteroatoms. The molecule has 9 nitrogen and oxygen atoms in total. The number of nitrogens with one attached hydrogen (secondary N) is 1. The van der Waals surface area contributed by atoms with Crippen molar-refractivity contribution in [2.24, 2.45) is 0 Å². The van der Waals surface area contributed by atoms with Crippen molar-refractivity contribution in [2.75, 3.05) is 12.9 Å². The van der Waals surface area contributed by atoms with Gasteiger partial charge in [0.05, 0.1) is 25.4 Å². The third kappa shape index (κ3) is 4.09. The number of hydrogen-bond donors (Lipinski definition) is 6. The second kappa shape index (κ2) is 7.57. The Morgan fingerprint density at radius 3 is 2.55 bits per heavy atom. The van der Waals surface area contributed by atoms with Gasteiger partial charge in [-0.2, -0.15) is 12.6 Å². The minimum atomic E-state index is -2.49. The predicted molar refractivity (Wildman–Crippen MR) is 75.9 cm³/mol. The van der Waals surface area contributed by atoms with Crippen molar-refractivity contribution in [3.05, 3.63) is 0 Å². The first kappa shape index (κ1) is 19.1. The molecule has 0 aromatic rings. The smallest absolute Gasteiger partial charge is 0.366 e. The van der Waals surface area contributed by atoms with Gasteiger partial charge in [-0.25, -0.2) is 4.79 Å². The molecule has 0 spiro atoms. The number of esters is 1. The molecule has 0 aliphatic carbocycles. The van der Waals surface area contributed by atoms with Gasteiger partial charge in [-0.3, -0.25) is 4.79 Å². The Morgan fingerprint density at radius 2 is 2.09 bits per heavy atom. The van der Waals surface area contributed by atoms with E-state index in [4.69, 9.17) is 4.74 Å². The summed E-state index contributed by atoms with van der Waals surface area (Å²) in [7, 11) is 1.02. The fourth-order valence-corrected chi connectivity index (χ4v) is 2.50. The number of ether oxygens (including phenoxy) is 2. The summed E-state index contributed by atoms with van der Waals surface area (Å²) in [6.07, 6.45) is -6.39. The summed E-state index contributed by atoms with van der Waals surface area (Å²) in [5.74, 6) is -4.31. The average Bonchev–Trinajstić information content (AvgIpc) is 2.46. The zero-order chi connectivity index (χ0) is 17.1. The van der Waals surface area contributed by atoms with Gasteiger partial charge in [-0.05, 0) is 0 Å². The molecule has 0 bridgehead atoms. The van der Waals surface area contributed by atoms with Crippen molar-refractivity contribution >= 4 is 24.5 Å². The van der Waals surface area contributed by atoms with Crippen LogP contribution in [0.25, 0.3) is 0 Å². The lowest BCUT2D eigenvalue weighted by Crippen LogP contribution is -2.67. The van der Waals surface area contributed by atoms with Gasteiger partial charge in [0.25, 0.3) is 5.79 Å². The van der Waals surface area contributed by atoms with E-state index in [0.29, 0.717) is 0 Å².